The van der Waals surface area contributed by atoms with Crippen LogP contribution in [0.25, 0.3) is 16.5 Å². The van der Waals surface area contributed by atoms with Crippen molar-refractivity contribution < 1.29 is 0 Å². The van der Waals surface area contributed by atoms with Crippen molar-refractivity contribution in [3.05, 3.63) is 76.5 Å². The molecular formula is C24H25ClN2. The summed E-state index contributed by atoms with van der Waals surface area (Å²) in [6.07, 6.45) is 7.36. The Morgan fingerprint density at radius 2 is 1.85 bits per heavy atom. The fraction of sp³-hybridized carbons (Fsp3) is 0.333. The van der Waals surface area contributed by atoms with Crippen molar-refractivity contribution in [3.8, 4) is 0 Å². The summed E-state index contributed by atoms with van der Waals surface area (Å²) in [5.41, 5.74) is 6.99. The van der Waals surface area contributed by atoms with Gasteiger partial charge in [-0.1, -0.05) is 41.9 Å². The lowest BCUT2D eigenvalue weighted by Crippen LogP contribution is -2.30. The molecule has 2 nitrogen and oxygen atoms in total. The molecule has 0 spiro atoms. The van der Waals surface area contributed by atoms with Crippen LogP contribution >= 0.6 is 11.6 Å². The van der Waals surface area contributed by atoms with Crippen LogP contribution in [0.1, 0.15) is 29.7 Å². The standard InChI is InChI=1S/C24H25ClN2/c25-22-5-6-23-21(15-22)16-24(26-23)18-8-11-27(12-9-18)10-7-17-13-19-3-1-2-4-20(19)14-17/h1-6,8,15-17,26H,7,9-14H2. The van der Waals surface area contributed by atoms with Crippen molar-refractivity contribution in [3.63, 3.8) is 0 Å². The van der Waals surface area contributed by atoms with Gasteiger partial charge in [0, 0.05) is 34.7 Å². The van der Waals surface area contributed by atoms with Gasteiger partial charge in [-0.25, -0.2) is 0 Å². The van der Waals surface area contributed by atoms with E-state index in [2.05, 4.69) is 52.4 Å². The van der Waals surface area contributed by atoms with Crippen molar-refractivity contribution in [1.82, 2.24) is 9.88 Å². The Hall–Kier alpha value is -2.03. The minimum Gasteiger partial charge on any atom is -0.355 e. The second-order valence-electron chi connectivity index (χ2n) is 8.03. The number of benzene rings is 2. The van der Waals surface area contributed by atoms with Crippen LogP contribution in [0.4, 0.5) is 0 Å². The van der Waals surface area contributed by atoms with Crippen molar-refractivity contribution >= 4 is 28.1 Å². The van der Waals surface area contributed by atoms with E-state index in [9.17, 15) is 0 Å². The predicted molar refractivity (Wildman–Crippen MR) is 114 cm³/mol. The second kappa shape index (κ2) is 7.18. The Bertz CT molecular complexity index is 976. The molecule has 3 aromatic rings. The number of rotatable bonds is 4. The third-order valence-electron chi connectivity index (χ3n) is 6.21. The summed E-state index contributed by atoms with van der Waals surface area (Å²) in [5, 5.41) is 1.99. The maximum absolute atomic E-state index is 6.12. The second-order valence-corrected chi connectivity index (χ2v) is 8.46. The van der Waals surface area contributed by atoms with Crippen molar-refractivity contribution in [2.45, 2.75) is 25.7 Å². The first-order valence-electron chi connectivity index (χ1n) is 10.0. The highest BCUT2D eigenvalue weighted by Crippen LogP contribution is 2.30. The molecule has 0 saturated carbocycles. The summed E-state index contributed by atoms with van der Waals surface area (Å²) < 4.78 is 0. The fourth-order valence-electron chi connectivity index (χ4n) is 4.65. The Morgan fingerprint density at radius 3 is 2.59 bits per heavy atom. The molecule has 3 heteroatoms. The number of aromatic amines is 1. The molecule has 1 aliphatic heterocycles. The van der Waals surface area contributed by atoms with Gasteiger partial charge in [0.15, 0.2) is 0 Å². The van der Waals surface area contributed by atoms with Gasteiger partial charge >= 0.3 is 0 Å². The number of hydrogen-bond donors (Lipinski definition) is 1. The molecule has 27 heavy (non-hydrogen) atoms. The molecule has 1 N–H and O–H groups in total. The molecular weight excluding hydrogens is 352 g/mol. The zero-order valence-corrected chi connectivity index (χ0v) is 16.3. The Kier molecular flexibility index (Phi) is 4.55. The first-order valence-corrected chi connectivity index (χ1v) is 10.4. The molecule has 1 aromatic heterocycles. The summed E-state index contributed by atoms with van der Waals surface area (Å²) in [5.74, 6) is 0.825. The normalized spacial score (nSPS) is 18.0. The van der Waals surface area contributed by atoms with Crippen LogP contribution in [0.2, 0.25) is 5.02 Å². The molecule has 0 amide bonds. The summed E-state index contributed by atoms with van der Waals surface area (Å²) in [6, 6.07) is 17.2. The Labute approximate surface area is 165 Å². The molecule has 0 fully saturated rings. The average molecular weight is 377 g/mol. The molecule has 0 unspecified atom stereocenters. The third kappa shape index (κ3) is 3.56. The van der Waals surface area contributed by atoms with Crippen LogP contribution in [0.15, 0.2) is 54.6 Å². The van der Waals surface area contributed by atoms with Gasteiger partial charge in [0.2, 0.25) is 0 Å². The fourth-order valence-corrected chi connectivity index (χ4v) is 4.84. The van der Waals surface area contributed by atoms with Gasteiger partial charge in [0.1, 0.15) is 0 Å². The highest BCUT2D eigenvalue weighted by molar-refractivity contribution is 6.31. The van der Waals surface area contributed by atoms with E-state index in [1.54, 1.807) is 11.1 Å². The van der Waals surface area contributed by atoms with E-state index >= 15 is 0 Å². The zero-order valence-electron chi connectivity index (χ0n) is 15.5. The number of aromatic nitrogens is 1. The molecule has 1 aliphatic carbocycles. The molecule has 2 aliphatic rings. The highest BCUT2D eigenvalue weighted by atomic mass is 35.5. The SMILES string of the molecule is Clc1ccc2[nH]c(C3=CCN(CCC4Cc5ccccc5C4)CC3)cc2c1. The summed E-state index contributed by atoms with van der Waals surface area (Å²) >= 11 is 6.12. The maximum atomic E-state index is 6.12. The summed E-state index contributed by atoms with van der Waals surface area (Å²) in [6.45, 7) is 3.43. The minimum absolute atomic E-state index is 0.797. The third-order valence-corrected chi connectivity index (χ3v) is 6.45. The average Bonchev–Trinajstić information content (AvgIpc) is 3.30. The van der Waals surface area contributed by atoms with E-state index in [4.69, 9.17) is 11.6 Å². The van der Waals surface area contributed by atoms with Crippen LogP contribution in [-0.4, -0.2) is 29.5 Å². The van der Waals surface area contributed by atoms with E-state index in [0.717, 1.165) is 30.5 Å². The zero-order chi connectivity index (χ0) is 18.2. The number of halogens is 1. The van der Waals surface area contributed by atoms with Crippen LogP contribution in [0.3, 0.4) is 0 Å². The molecule has 0 radical (unpaired) electrons. The van der Waals surface area contributed by atoms with E-state index in [1.165, 1.54) is 48.0 Å². The van der Waals surface area contributed by atoms with Crippen LogP contribution in [-0.2, 0) is 12.8 Å². The molecule has 2 heterocycles. The molecule has 2 aromatic carbocycles. The van der Waals surface area contributed by atoms with Gasteiger partial charge in [-0.2, -0.15) is 0 Å². The topological polar surface area (TPSA) is 19.0 Å². The van der Waals surface area contributed by atoms with Gasteiger partial charge in [0.05, 0.1) is 0 Å². The van der Waals surface area contributed by atoms with Crippen LogP contribution < -0.4 is 0 Å². The Morgan fingerprint density at radius 1 is 1.04 bits per heavy atom. The highest BCUT2D eigenvalue weighted by Gasteiger charge is 2.22. The monoisotopic (exact) mass is 376 g/mol. The summed E-state index contributed by atoms with van der Waals surface area (Å²) in [4.78, 5) is 6.15. The minimum atomic E-state index is 0.797. The van der Waals surface area contributed by atoms with Gasteiger partial charge in [0.25, 0.3) is 0 Å². The smallest absolute Gasteiger partial charge is 0.0459 e. The molecule has 0 atom stereocenters. The van der Waals surface area contributed by atoms with Gasteiger partial charge in [-0.05, 0) is 79.1 Å². The van der Waals surface area contributed by atoms with Crippen LogP contribution in [0.5, 0.6) is 0 Å². The molecule has 5 rings (SSSR count). The quantitative estimate of drug-likeness (QED) is 0.617. The van der Waals surface area contributed by atoms with E-state index < -0.39 is 0 Å². The first kappa shape index (κ1) is 17.1. The lowest BCUT2D eigenvalue weighted by Gasteiger charge is -2.27. The van der Waals surface area contributed by atoms with Gasteiger partial charge in [-0.15, -0.1) is 0 Å². The lowest BCUT2D eigenvalue weighted by atomic mass is 10.0. The largest absolute Gasteiger partial charge is 0.355 e. The Balaban J connectivity index is 1.19. The lowest BCUT2D eigenvalue weighted by molar-refractivity contribution is 0.275. The number of fused-ring (bicyclic) bond motifs is 2. The van der Waals surface area contributed by atoms with Crippen molar-refractivity contribution in [2.24, 2.45) is 5.92 Å². The first-order chi connectivity index (χ1) is 13.2. The predicted octanol–water partition coefficient (Wildman–Crippen LogP) is 5.72. The van der Waals surface area contributed by atoms with Crippen molar-refractivity contribution in [1.29, 1.82) is 0 Å². The maximum Gasteiger partial charge on any atom is 0.0459 e. The molecule has 0 bridgehead atoms. The molecule has 0 saturated heterocycles. The van der Waals surface area contributed by atoms with E-state index in [1.807, 2.05) is 12.1 Å². The van der Waals surface area contributed by atoms with E-state index in [0.29, 0.717) is 0 Å². The number of H-pyrrole nitrogens is 1. The van der Waals surface area contributed by atoms with Crippen molar-refractivity contribution in [2.75, 3.05) is 19.6 Å². The number of nitrogens with one attached hydrogen (secondary N) is 1. The number of hydrogen-bond acceptors (Lipinski definition) is 1. The van der Waals surface area contributed by atoms with E-state index in [-0.39, 0.29) is 0 Å². The molecule has 138 valence electrons. The van der Waals surface area contributed by atoms with Gasteiger partial charge < -0.3 is 4.98 Å². The van der Waals surface area contributed by atoms with Crippen LogP contribution in [0, 0.1) is 5.92 Å². The number of nitrogens with zero attached hydrogens (tertiary/aromatic N) is 1. The van der Waals surface area contributed by atoms with Gasteiger partial charge in [-0.3, -0.25) is 4.90 Å². The summed E-state index contributed by atoms with van der Waals surface area (Å²) in [7, 11) is 0.